The van der Waals surface area contributed by atoms with E-state index in [1.54, 1.807) is 0 Å². The van der Waals surface area contributed by atoms with Crippen molar-refractivity contribution in [2.45, 2.75) is 57.1 Å². The van der Waals surface area contributed by atoms with Gasteiger partial charge in [-0.15, -0.1) is 0 Å². The van der Waals surface area contributed by atoms with E-state index in [0.717, 1.165) is 41.8 Å². The molecule has 0 heterocycles. The Balaban J connectivity index is 2.10. The number of hydrogen-bond donors (Lipinski definition) is 1. The van der Waals surface area contributed by atoms with Crippen molar-refractivity contribution in [2.24, 2.45) is 11.8 Å². The third-order valence-electron chi connectivity index (χ3n) is 5.62. The van der Waals surface area contributed by atoms with Crippen molar-refractivity contribution < 1.29 is 27.1 Å². The summed E-state index contributed by atoms with van der Waals surface area (Å²) >= 11 is 0. The van der Waals surface area contributed by atoms with Crippen LogP contribution in [0.3, 0.4) is 0 Å². The molecule has 1 aliphatic carbocycles. The highest BCUT2D eigenvalue weighted by Crippen LogP contribution is 2.29. The van der Waals surface area contributed by atoms with Gasteiger partial charge in [0.25, 0.3) is 5.91 Å². The molecule has 0 aromatic heterocycles. The highest BCUT2D eigenvalue weighted by Gasteiger charge is 2.31. The molecule has 1 N–H and O–H groups in total. The molecule has 0 radical (unpaired) electrons. The monoisotopic (exact) mass is 428 g/mol. The molecule has 162 valence electrons. The standard InChI is InChI=1S/C20H29FN2O5S/c1-12-7-6-8-18(13(12)2)22-19(24)14(3)28-20(25)16-11-15(9-10-17(16)21)29(26,27)23(4)5/h9-14,18H,6-8H2,1-5H3,(H,22,24)/t12-,13-,14-,18+/m1/s1. The van der Waals surface area contributed by atoms with Crippen molar-refractivity contribution in [3.63, 3.8) is 0 Å². The first-order valence-corrected chi connectivity index (χ1v) is 11.1. The topological polar surface area (TPSA) is 92.8 Å². The smallest absolute Gasteiger partial charge is 0.341 e. The summed E-state index contributed by atoms with van der Waals surface area (Å²) in [4.78, 5) is 24.6. The molecule has 1 aliphatic rings. The largest absolute Gasteiger partial charge is 0.449 e. The Hall–Kier alpha value is -2.00. The number of rotatable bonds is 6. The Morgan fingerprint density at radius 2 is 1.90 bits per heavy atom. The van der Waals surface area contributed by atoms with Crippen molar-refractivity contribution in [3.05, 3.63) is 29.6 Å². The van der Waals surface area contributed by atoms with Crippen LogP contribution < -0.4 is 5.32 Å². The molecule has 1 amide bonds. The fraction of sp³-hybridized carbons (Fsp3) is 0.600. The number of ether oxygens (including phenoxy) is 1. The first-order chi connectivity index (χ1) is 13.4. The molecule has 1 saturated carbocycles. The molecule has 2 rings (SSSR count). The molecule has 1 aromatic carbocycles. The summed E-state index contributed by atoms with van der Waals surface area (Å²) in [6.45, 7) is 5.63. The van der Waals surface area contributed by atoms with E-state index < -0.39 is 39.4 Å². The number of esters is 1. The van der Waals surface area contributed by atoms with Gasteiger partial charge < -0.3 is 10.1 Å². The molecular weight excluding hydrogens is 399 g/mol. The van der Waals surface area contributed by atoms with Crippen LogP contribution in [0.15, 0.2) is 23.1 Å². The van der Waals surface area contributed by atoms with Crippen LogP contribution in [0.25, 0.3) is 0 Å². The molecule has 0 aliphatic heterocycles. The van der Waals surface area contributed by atoms with Crippen molar-refractivity contribution >= 4 is 21.9 Å². The van der Waals surface area contributed by atoms with Gasteiger partial charge in [0.1, 0.15) is 5.82 Å². The molecule has 7 nitrogen and oxygen atoms in total. The predicted molar refractivity (Wildman–Crippen MR) is 106 cm³/mol. The number of nitrogens with one attached hydrogen (secondary N) is 1. The quantitative estimate of drug-likeness (QED) is 0.703. The lowest BCUT2D eigenvalue weighted by molar-refractivity contribution is -0.130. The molecule has 1 aromatic rings. The fourth-order valence-electron chi connectivity index (χ4n) is 3.40. The average molecular weight is 429 g/mol. The van der Waals surface area contributed by atoms with Gasteiger partial charge in [0.15, 0.2) is 6.10 Å². The van der Waals surface area contributed by atoms with Gasteiger partial charge in [-0.25, -0.2) is 21.9 Å². The molecular formula is C20H29FN2O5S. The molecule has 0 bridgehead atoms. The van der Waals surface area contributed by atoms with E-state index in [2.05, 4.69) is 19.2 Å². The third-order valence-corrected chi connectivity index (χ3v) is 7.43. The maximum atomic E-state index is 14.1. The van der Waals surface area contributed by atoms with E-state index in [4.69, 9.17) is 4.74 Å². The maximum Gasteiger partial charge on any atom is 0.341 e. The van der Waals surface area contributed by atoms with Crippen molar-refractivity contribution in [1.82, 2.24) is 9.62 Å². The van der Waals surface area contributed by atoms with Crippen LogP contribution in [0.5, 0.6) is 0 Å². The van der Waals surface area contributed by atoms with E-state index >= 15 is 0 Å². The van der Waals surface area contributed by atoms with Gasteiger partial charge in [-0.3, -0.25) is 4.79 Å². The van der Waals surface area contributed by atoms with E-state index in [-0.39, 0.29) is 10.9 Å². The Morgan fingerprint density at radius 1 is 1.24 bits per heavy atom. The number of carbonyl (C=O) groups is 2. The van der Waals surface area contributed by atoms with Gasteiger partial charge in [0.2, 0.25) is 10.0 Å². The van der Waals surface area contributed by atoms with Crippen LogP contribution in [0.2, 0.25) is 0 Å². The van der Waals surface area contributed by atoms with Crippen LogP contribution in [0, 0.1) is 17.7 Å². The summed E-state index contributed by atoms with van der Waals surface area (Å²) in [5.41, 5.74) is -0.535. The minimum atomic E-state index is -3.85. The zero-order chi connectivity index (χ0) is 21.9. The van der Waals surface area contributed by atoms with Crippen molar-refractivity contribution in [1.29, 1.82) is 0 Å². The van der Waals surface area contributed by atoms with E-state index in [1.807, 2.05) is 0 Å². The van der Waals surface area contributed by atoms with Crippen LogP contribution in [-0.4, -0.2) is 50.8 Å². The molecule has 4 atom stereocenters. The molecule has 0 saturated heterocycles. The lowest BCUT2D eigenvalue weighted by Crippen LogP contribution is -2.47. The third kappa shape index (κ3) is 5.33. The van der Waals surface area contributed by atoms with Gasteiger partial charge in [0.05, 0.1) is 10.5 Å². The van der Waals surface area contributed by atoms with E-state index in [9.17, 15) is 22.4 Å². The van der Waals surface area contributed by atoms with Gasteiger partial charge in [-0.2, -0.15) is 0 Å². The average Bonchev–Trinajstić information content (AvgIpc) is 2.65. The number of hydrogen-bond acceptors (Lipinski definition) is 5. The molecule has 0 spiro atoms. The van der Waals surface area contributed by atoms with Gasteiger partial charge in [-0.1, -0.05) is 26.7 Å². The van der Waals surface area contributed by atoms with Gasteiger partial charge >= 0.3 is 5.97 Å². The minimum absolute atomic E-state index is 0.00213. The van der Waals surface area contributed by atoms with Gasteiger partial charge in [-0.05, 0) is 43.4 Å². The Bertz CT molecular complexity index is 872. The van der Waals surface area contributed by atoms with E-state index in [1.165, 1.54) is 21.0 Å². The first kappa shape index (κ1) is 23.3. The summed E-state index contributed by atoms with van der Waals surface area (Å²) in [5.74, 6) is -1.67. The summed E-state index contributed by atoms with van der Waals surface area (Å²) in [7, 11) is -1.19. The van der Waals surface area contributed by atoms with Crippen LogP contribution in [0.4, 0.5) is 4.39 Å². The number of halogens is 1. The number of amides is 1. The second-order valence-electron chi connectivity index (χ2n) is 7.86. The minimum Gasteiger partial charge on any atom is -0.449 e. The number of nitrogens with zero attached hydrogens (tertiary/aromatic N) is 1. The fourth-order valence-corrected chi connectivity index (χ4v) is 4.32. The SMILES string of the molecule is C[C@@H]1[C@H](C)CCC[C@@H]1NC(=O)[C@@H](C)OC(=O)c1cc(S(=O)(=O)N(C)C)ccc1F. The Morgan fingerprint density at radius 3 is 2.52 bits per heavy atom. The normalized spacial score (nSPS) is 23.5. The highest BCUT2D eigenvalue weighted by molar-refractivity contribution is 7.89. The van der Waals surface area contributed by atoms with Crippen LogP contribution in [0.1, 0.15) is 50.4 Å². The molecule has 29 heavy (non-hydrogen) atoms. The first-order valence-electron chi connectivity index (χ1n) is 9.68. The van der Waals surface area contributed by atoms with Crippen LogP contribution in [-0.2, 0) is 19.6 Å². The number of benzene rings is 1. The zero-order valence-corrected chi connectivity index (χ0v) is 18.3. The second kappa shape index (κ2) is 9.21. The summed E-state index contributed by atoms with van der Waals surface area (Å²) in [5, 5.41) is 2.91. The number of carbonyl (C=O) groups excluding carboxylic acids is 2. The lowest BCUT2D eigenvalue weighted by atomic mass is 9.78. The van der Waals surface area contributed by atoms with Crippen LogP contribution >= 0.6 is 0 Å². The Kier molecular flexibility index (Phi) is 7.40. The maximum absolute atomic E-state index is 14.1. The molecule has 0 unspecified atom stereocenters. The Labute approximate surface area is 171 Å². The highest BCUT2D eigenvalue weighted by atomic mass is 32.2. The second-order valence-corrected chi connectivity index (χ2v) is 10.0. The molecule has 1 fully saturated rings. The zero-order valence-electron chi connectivity index (χ0n) is 17.4. The summed E-state index contributed by atoms with van der Waals surface area (Å²) in [6, 6.07) is 2.88. The predicted octanol–water partition coefficient (Wildman–Crippen LogP) is 2.56. The summed E-state index contributed by atoms with van der Waals surface area (Å²) in [6.07, 6.45) is 1.85. The van der Waals surface area contributed by atoms with Crippen molar-refractivity contribution in [2.75, 3.05) is 14.1 Å². The van der Waals surface area contributed by atoms with Gasteiger partial charge in [0, 0.05) is 20.1 Å². The summed E-state index contributed by atoms with van der Waals surface area (Å²) < 4.78 is 44.6. The molecule has 9 heteroatoms. The van der Waals surface area contributed by atoms with Crippen molar-refractivity contribution in [3.8, 4) is 0 Å². The number of sulfonamides is 1. The lowest BCUT2D eigenvalue weighted by Gasteiger charge is -2.35. The van der Waals surface area contributed by atoms with E-state index in [0.29, 0.717) is 11.8 Å².